The molecule has 8 nitrogen and oxygen atoms in total. The number of rotatable bonds is 7. The summed E-state index contributed by atoms with van der Waals surface area (Å²) in [6.07, 6.45) is 2.78. The van der Waals surface area contributed by atoms with Gasteiger partial charge >= 0.3 is 0 Å². The van der Waals surface area contributed by atoms with E-state index in [0.717, 1.165) is 6.07 Å². The molecule has 0 unspecified atom stereocenters. The Bertz CT molecular complexity index is 1400. The molecule has 186 valence electrons. The predicted molar refractivity (Wildman–Crippen MR) is 128 cm³/mol. The lowest BCUT2D eigenvalue weighted by Gasteiger charge is -2.40. The van der Waals surface area contributed by atoms with Crippen LogP contribution in [0.4, 0.5) is 30.2 Å². The van der Waals surface area contributed by atoms with Crippen LogP contribution in [-0.4, -0.2) is 48.6 Å². The van der Waals surface area contributed by atoms with Crippen molar-refractivity contribution in [3.63, 3.8) is 0 Å². The highest BCUT2D eigenvalue weighted by Crippen LogP contribution is 2.33. The molecule has 1 aromatic carbocycles. The molecule has 0 spiro atoms. The van der Waals surface area contributed by atoms with Crippen molar-refractivity contribution in [3.05, 3.63) is 59.1 Å². The van der Waals surface area contributed by atoms with Crippen molar-refractivity contribution in [3.8, 4) is 11.4 Å². The van der Waals surface area contributed by atoms with Crippen LogP contribution in [0.1, 0.15) is 17.3 Å². The molecule has 2 aromatic heterocycles. The number of sulfonamides is 1. The van der Waals surface area contributed by atoms with Crippen molar-refractivity contribution >= 4 is 44.6 Å². The third-order valence-electron chi connectivity index (χ3n) is 5.36. The Morgan fingerprint density at radius 1 is 1.17 bits per heavy atom. The maximum Gasteiger partial charge on any atom is 0.282 e. The maximum absolute atomic E-state index is 14.8. The molecular formula is C22H21ClF3N5O3S. The molecule has 35 heavy (non-hydrogen) atoms. The molecule has 1 saturated heterocycles. The molecule has 0 radical (unpaired) electrons. The Morgan fingerprint density at radius 3 is 2.49 bits per heavy atom. The molecule has 0 saturated carbocycles. The van der Waals surface area contributed by atoms with Crippen LogP contribution in [-0.2, 0) is 17.1 Å². The van der Waals surface area contributed by atoms with Crippen LogP contribution in [0.2, 0.25) is 5.02 Å². The van der Waals surface area contributed by atoms with Crippen molar-refractivity contribution in [2.24, 2.45) is 7.05 Å². The first-order valence-corrected chi connectivity index (χ1v) is 12.5. The fourth-order valence-corrected chi connectivity index (χ4v) is 4.44. The molecule has 0 bridgehead atoms. The number of hydrogen-bond donors (Lipinski definition) is 2. The summed E-state index contributed by atoms with van der Waals surface area (Å²) in [6, 6.07) is 6.84. The largest absolute Gasteiger partial charge is 0.358 e. The first-order valence-electron chi connectivity index (χ1n) is 10.4. The van der Waals surface area contributed by atoms with E-state index < -0.39 is 40.8 Å². The minimum absolute atomic E-state index is 0.0402. The van der Waals surface area contributed by atoms with Crippen molar-refractivity contribution in [1.29, 1.82) is 0 Å². The van der Waals surface area contributed by atoms with Gasteiger partial charge in [0, 0.05) is 30.0 Å². The summed E-state index contributed by atoms with van der Waals surface area (Å²) in [6.45, 7) is 0.497. The van der Waals surface area contributed by atoms with Crippen LogP contribution >= 0.6 is 11.6 Å². The van der Waals surface area contributed by atoms with Gasteiger partial charge in [0.15, 0.2) is 5.82 Å². The average molecular weight is 528 g/mol. The van der Waals surface area contributed by atoms with Crippen molar-refractivity contribution in [2.75, 3.05) is 33.8 Å². The number of hydrogen-bond acceptors (Lipinski definition) is 5. The quantitative estimate of drug-likeness (QED) is 0.476. The summed E-state index contributed by atoms with van der Waals surface area (Å²) in [5, 5.41) is 2.84. The molecule has 0 atom stereocenters. The highest BCUT2D eigenvalue weighted by atomic mass is 35.5. The number of benzene rings is 1. The fraction of sp³-hybridized carbons (Fsp3) is 0.273. The van der Waals surface area contributed by atoms with Crippen molar-refractivity contribution in [2.45, 2.75) is 12.8 Å². The lowest BCUT2D eigenvalue weighted by molar-refractivity contribution is -0.0263. The summed E-state index contributed by atoms with van der Waals surface area (Å²) in [5.74, 6) is -4.18. The van der Waals surface area contributed by atoms with Gasteiger partial charge in [-0.05, 0) is 31.2 Å². The number of amides is 1. The molecule has 3 aromatic rings. The maximum atomic E-state index is 14.8. The van der Waals surface area contributed by atoms with E-state index in [9.17, 15) is 26.4 Å². The van der Waals surface area contributed by atoms with E-state index >= 15 is 0 Å². The summed E-state index contributed by atoms with van der Waals surface area (Å²) < 4.78 is 68.5. The Balaban J connectivity index is 1.53. The van der Waals surface area contributed by atoms with Gasteiger partial charge in [0.25, 0.3) is 11.8 Å². The van der Waals surface area contributed by atoms with Gasteiger partial charge in [-0.1, -0.05) is 11.6 Å². The summed E-state index contributed by atoms with van der Waals surface area (Å²) in [4.78, 5) is 18.2. The van der Waals surface area contributed by atoms with Crippen LogP contribution in [0.25, 0.3) is 11.4 Å². The first kappa shape index (κ1) is 24.9. The Kier molecular flexibility index (Phi) is 6.45. The number of aromatic nitrogens is 2. The second kappa shape index (κ2) is 9.08. The van der Waals surface area contributed by atoms with Gasteiger partial charge in [-0.2, -0.15) is 0 Å². The summed E-state index contributed by atoms with van der Waals surface area (Å²) in [7, 11) is -1.94. The van der Waals surface area contributed by atoms with Crippen LogP contribution < -0.4 is 14.9 Å². The lowest BCUT2D eigenvalue weighted by Crippen LogP contribution is -2.56. The topological polar surface area (TPSA) is 96.3 Å². The van der Waals surface area contributed by atoms with Gasteiger partial charge in [-0.3, -0.25) is 9.52 Å². The monoisotopic (exact) mass is 527 g/mol. The second-order valence-corrected chi connectivity index (χ2v) is 10.6. The number of alkyl halides is 2. The number of halogens is 4. The highest BCUT2D eigenvalue weighted by Gasteiger charge is 2.44. The highest BCUT2D eigenvalue weighted by molar-refractivity contribution is 7.92. The van der Waals surface area contributed by atoms with Crippen molar-refractivity contribution < 1.29 is 26.4 Å². The Labute approximate surface area is 204 Å². The van der Waals surface area contributed by atoms with E-state index in [1.807, 2.05) is 0 Å². The number of aryl methyl sites for hydroxylation is 1. The number of nitrogens with one attached hydrogen (secondary N) is 2. The molecule has 1 fully saturated rings. The van der Waals surface area contributed by atoms with Gasteiger partial charge in [-0.25, -0.2) is 26.6 Å². The molecule has 1 amide bonds. The smallest absolute Gasteiger partial charge is 0.282 e. The SMILES string of the molecule is CCS(=O)(=O)Nc1cc(Cl)cc(NC(=O)c2cc(-c3ncc(N4CC(F)(F)C4)cc3F)n(C)c2)c1. The van der Waals surface area contributed by atoms with Crippen LogP contribution in [0.15, 0.2) is 42.7 Å². The zero-order valence-corrected chi connectivity index (χ0v) is 20.2. The second-order valence-electron chi connectivity index (χ2n) is 8.15. The van der Waals surface area contributed by atoms with Gasteiger partial charge in [-0.15, -0.1) is 0 Å². The van der Waals surface area contributed by atoms with Gasteiger partial charge in [0.1, 0.15) is 5.69 Å². The van der Waals surface area contributed by atoms with Gasteiger partial charge in [0.2, 0.25) is 10.0 Å². The molecule has 0 aliphatic carbocycles. The third kappa shape index (κ3) is 5.54. The average Bonchev–Trinajstić information content (AvgIpc) is 3.12. The number of nitrogens with zero attached hydrogens (tertiary/aromatic N) is 3. The van der Waals surface area contributed by atoms with E-state index in [1.165, 1.54) is 53.0 Å². The van der Waals surface area contributed by atoms with E-state index in [4.69, 9.17) is 11.6 Å². The number of carbonyl (C=O) groups is 1. The predicted octanol–water partition coefficient (Wildman–Crippen LogP) is 4.35. The molecule has 4 rings (SSSR count). The minimum Gasteiger partial charge on any atom is -0.358 e. The summed E-state index contributed by atoms with van der Waals surface area (Å²) >= 11 is 6.06. The number of anilines is 3. The first-order chi connectivity index (χ1) is 16.4. The van der Waals surface area contributed by atoms with E-state index in [0.29, 0.717) is 5.69 Å². The molecule has 13 heteroatoms. The minimum atomic E-state index is -3.54. The molecule has 2 N–H and O–H groups in total. The molecular weight excluding hydrogens is 507 g/mol. The summed E-state index contributed by atoms with van der Waals surface area (Å²) in [5.41, 5.74) is 1.14. The zero-order valence-electron chi connectivity index (χ0n) is 18.6. The molecule has 1 aliphatic rings. The Morgan fingerprint density at radius 2 is 1.86 bits per heavy atom. The number of carbonyl (C=O) groups excluding carboxylic acids is 1. The van der Waals surface area contributed by atoms with Crippen LogP contribution in [0.5, 0.6) is 0 Å². The normalized spacial score (nSPS) is 15.0. The van der Waals surface area contributed by atoms with Crippen LogP contribution in [0.3, 0.4) is 0 Å². The fourth-order valence-electron chi connectivity index (χ4n) is 3.58. The molecule has 1 aliphatic heterocycles. The van der Waals surface area contributed by atoms with Crippen molar-refractivity contribution in [1.82, 2.24) is 9.55 Å². The van der Waals surface area contributed by atoms with E-state index in [1.54, 1.807) is 7.05 Å². The number of pyridine rings is 1. The Hall–Kier alpha value is -3.25. The molecule has 3 heterocycles. The lowest BCUT2D eigenvalue weighted by atomic mass is 10.1. The zero-order chi connectivity index (χ0) is 25.5. The van der Waals surface area contributed by atoms with E-state index in [2.05, 4.69) is 15.0 Å². The van der Waals surface area contributed by atoms with Crippen LogP contribution in [0, 0.1) is 5.82 Å². The third-order valence-corrected chi connectivity index (χ3v) is 6.88. The van der Waals surface area contributed by atoms with E-state index in [-0.39, 0.29) is 39.1 Å². The van der Waals surface area contributed by atoms with Gasteiger partial charge < -0.3 is 14.8 Å². The van der Waals surface area contributed by atoms with Gasteiger partial charge in [0.05, 0.1) is 47.7 Å². The standard InChI is InChI=1S/C22H21ClF3N5O3S/c1-3-35(33,34)29-16-6-14(23)5-15(7-16)28-21(32)13-4-19(30(2)10-13)20-18(24)8-17(9-27-20)31-11-22(25,26)12-31/h4-10,29H,3,11-12H2,1-2H3,(H,28,32).